The van der Waals surface area contributed by atoms with Crippen LogP contribution in [-0.4, -0.2) is 13.1 Å². The minimum absolute atomic E-state index is 0.382. The number of methoxy groups -OCH3 is 1. The molecule has 0 bridgehead atoms. The third kappa shape index (κ3) is 3.30. The minimum atomic E-state index is -0.382. The molecule has 0 fully saturated rings. The van der Waals surface area contributed by atoms with E-state index >= 15 is 0 Å². The quantitative estimate of drug-likeness (QED) is 0.680. The van der Waals surface area contributed by atoms with Gasteiger partial charge in [-0.25, -0.2) is 4.79 Å². The summed E-state index contributed by atoms with van der Waals surface area (Å²) in [4.78, 5) is 13.5. The summed E-state index contributed by atoms with van der Waals surface area (Å²) in [5.74, 6) is -0.382. The first kappa shape index (κ1) is 14.0. The largest absolute Gasteiger partial charge is 0.465 e. The van der Waals surface area contributed by atoms with E-state index in [1.807, 2.05) is 24.3 Å². The molecule has 2 N–H and O–H groups in total. The maximum Gasteiger partial charge on any atom is 0.339 e. The Kier molecular flexibility index (Phi) is 4.50. The van der Waals surface area contributed by atoms with E-state index in [2.05, 4.69) is 15.9 Å². The van der Waals surface area contributed by atoms with Crippen LogP contribution in [0.1, 0.15) is 10.4 Å². The highest BCUT2D eigenvalue weighted by Crippen LogP contribution is 2.35. The summed E-state index contributed by atoms with van der Waals surface area (Å²) in [6.45, 7) is 0. The van der Waals surface area contributed by atoms with Crippen molar-refractivity contribution in [3.63, 3.8) is 0 Å². The van der Waals surface area contributed by atoms with Gasteiger partial charge in [0.1, 0.15) is 0 Å². The molecule has 5 heteroatoms. The summed E-state index contributed by atoms with van der Waals surface area (Å²) in [5, 5.41) is 0. The van der Waals surface area contributed by atoms with Gasteiger partial charge in [-0.05, 0) is 36.4 Å². The fourth-order valence-electron chi connectivity index (χ4n) is 1.56. The van der Waals surface area contributed by atoms with Crippen LogP contribution in [0.3, 0.4) is 0 Å². The van der Waals surface area contributed by atoms with Crippen LogP contribution < -0.4 is 5.73 Å². The van der Waals surface area contributed by atoms with Crippen LogP contribution in [-0.2, 0) is 4.74 Å². The van der Waals surface area contributed by atoms with E-state index in [-0.39, 0.29) is 5.97 Å². The Labute approximate surface area is 124 Å². The molecule has 0 atom stereocenters. The molecule has 0 aliphatic rings. The van der Waals surface area contributed by atoms with Crippen LogP contribution in [0.4, 0.5) is 5.69 Å². The summed E-state index contributed by atoms with van der Waals surface area (Å²) in [5.41, 5.74) is 7.00. The average molecular weight is 338 g/mol. The molecule has 0 unspecified atom stereocenters. The standard InChI is InChI=1S/C14H12BrNO2S/c1-18-14(17)11-3-2-4-12(16)13(11)19-10-7-5-9(15)6-8-10/h2-8H,16H2,1H3. The molecule has 2 rings (SSSR count). The highest BCUT2D eigenvalue weighted by atomic mass is 79.9. The highest BCUT2D eigenvalue weighted by Gasteiger charge is 2.15. The van der Waals surface area contributed by atoms with E-state index in [1.54, 1.807) is 18.2 Å². The number of esters is 1. The number of carbonyl (C=O) groups excluding carboxylic acids is 1. The normalized spacial score (nSPS) is 10.2. The smallest absolute Gasteiger partial charge is 0.339 e. The van der Waals surface area contributed by atoms with Crippen LogP contribution in [0.25, 0.3) is 0 Å². The molecule has 19 heavy (non-hydrogen) atoms. The van der Waals surface area contributed by atoms with E-state index in [9.17, 15) is 4.79 Å². The second kappa shape index (κ2) is 6.12. The summed E-state index contributed by atoms with van der Waals surface area (Å²) < 4.78 is 5.78. The molecule has 0 saturated heterocycles. The number of halogens is 1. The number of hydrogen-bond acceptors (Lipinski definition) is 4. The van der Waals surface area contributed by atoms with Gasteiger partial charge in [-0.15, -0.1) is 0 Å². The van der Waals surface area contributed by atoms with Crippen LogP contribution in [0.15, 0.2) is 56.7 Å². The van der Waals surface area contributed by atoms with Gasteiger partial charge in [-0.3, -0.25) is 0 Å². The molecule has 0 aliphatic carbocycles. The second-order valence-electron chi connectivity index (χ2n) is 3.77. The zero-order valence-corrected chi connectivity index (χ0v) is 12.6. The van der Waals surface area contributed by atoms with Gasteiger partial charge in [0, 0.05) is 20.0 Å². The van der Waals surface area contributed by atoms with Crippen molar-refractivity contribution in [2.75, 3.05) is 12.8 Å². The Morgan fingerprint density at radius 1 is 1.21 bits per heavy atom. The average Bonchev–Trinajstić information content (AvgIpc) is 2.42. The zero-order chi connectivity index (χ0) is 13.8. The predicted molar refractivity (Wildman–Crippen MR) is 80.5 cm³/mol. The SMILES string of the molecule is COC(=O)c1cccc(N)c1Sc1ccc(Br)cc1. The second-order valence-corrected chi connectivity index (χ2v) is 5.77. The molecule has 2 aromatic carbocycles. The summed E-state index contributed by atoms with van der Waals surface area (Å²) in [6, 6.07) is 13.0. The minimum Gasteiger partial charge on any atom is -0.465 e. The lowest BCUT2D eigenvalue weighted by Crippen LogP contribution is -2.04. The third-order valence-electron chi connectivity index (χ3n) is 2.48. The van der Waals surface area contributed by atoms with Crippen molar-refractivity contribution in [1.29, 1.82) is 0 Å². The van der Waals surface area contributed by atoms with E-state index in [4.69, 9.17) is 10.5 Å². The summed E-state index contributed by atoms with van der Waals surface area (Å²) in [7, 11) is 1.36. The van der Waals surface area contributed by atoms with E-state index < -0.39 is 0 Å². The molecule has 3 nitrogen and oxygen atoms in total. The lowest BCUT2D eigenvalue weighted by atomic mass is 10.2. The Morgan fingerprint density at radius 3 is 2.53 bits per heavy atom. The molecule has 0 saturated carbocycles. The number of carbonyl (C=O) groups is 1. The Hall–Kier alpha value is -1.46. The van der Waals surface area contributed by atoms with Gasteiger partial charge >= 0.3 is 5.97 Å². The first-order valence-corrected chi connectivity index (χ1v) is 7.13. The van der Waals surface area contributed by atoms with Crippen molar-refractivity contribution in [3.05, 3.63) is 52.5 Å². The molecular formula is C14H12BrNO2S. The fraction of sp³-hybridized carbons (Fsp3) is 0.0714. The van der Waals surface area contributed by atoms with Gasteiger partial charge in [0.2, 0.25) is 0 Å². The fourth-order valence-corrected chi connectivity index (χ4v) is 2.78. The van der Waals surface area contributed by atoms with Crippen LogP contribution in [0.5, 0.6) is 0 Å². The van der Waals surface area contributed by atoms with Gasteiger partial charge in [0.25, 0.3) is 0 Å². The van der Waals surface area contributed by atoms with E-state index in [0.29, 0.717) is 11.3 Å². The predicted octanol–water partition coefficient (Wildman–Crippen LogP) is 3.97. The van der Waals surface area contributed by atoms with Gasteiger partial charge in [-0.2, -0.15) is 0 Å². The summed E-state index contributed by atoms with van der Waals surface area (Å²) >= 11 is 4.83. The molecule has 0 heterocycles. The van der Waals surface area contributed by atoms with Crippen molar-refractivity contribution in [1.82, 2.24) is 0 Å². The van der Waals surface area contributed by atoms with Gasteiger partial charge in [0.05, 0.1) is 12.7 Å². The van der Waals surface area contributed by atoms with E-state index in [0.717, 1.165) is 14.3 Å². The lowest BCUT2D eigenvalue weighted by molar-refractivity contribution is 0.0597. The molecule has 0 spiro atoms. The number of rotatable bonds is 3. The number of ether oxygens (including phenoxy) is 1. The molecular weight excluding hydrogens is 326 g/mol. The van der Waals surface area contributed by atoms with Gasteiger partial charge in [-0.1, -0.05) is 33.8 Å². The maximum absolute atomic E-state index is 11.7. The molecule has 0 radical (unpaired) electrons. The number of anilines is 1. The third-order valence-corrected chi connectivity index (χ3v) is 4.18. The molecule has 0 aromatic heterocycles. The van der Waals surface area contributed by atoms with E-state index in [1.165, 1.54) is 18.9 Å². The Morgan fingerprint density at radius 2 is 1.89 bits per heavy atom. The van der Waals surface area contributed by atoms with Crippen LogP contribution in [0, 0.1) is 0 Å². The maximum atomic E-state index is 11.7. The lowest BCUT2D eigenvalue weighted by Gasteiger charge is -2.10. The monoisotopic (exact) mass is 337 g/mol. The van der Waals surface area contributed by atoms with Crippen LogP contribution in [0.2, 0.25) is 0 Å². The van der Waals surface area contributed by atoms with Crippen molar-refractivity contribution in [2.24, 2.45) is 0 Å². The zero-order valence-electron chi connectivity index (χ0n) is 10.2. The molecule has 98 valence electrons. The Bertz CT molecular complexity index is 599. The number of benzene rings is 2. The van der Waals surface area contributed by atoms with Gasteiger partial charge in [0.15, 0.2) is 0 Å². The Balaban J connectivity index is 2.38. The van der Waals surface area contributed by atoms with Crippen molar-refractivity contribution < 1.29 is 9.53 Å². The highest BCUT2D eigenvalue weighted by molar-refractivity contribution is 9.10. The molecule has 2 aromatic rings. The first-order chi connectivity index (χ1) is 9.11. The topological polar surface area (TPSA) is 52.3 Å². The number of nitrogens with two attached hydrogens (primary N) is 1. The van der Waals surface area contributed by atoms with Crippen LogP contribution >= 0.6 is 27.7 Å². The molecule has 0 aliphatic heterocycles. The van der Waals surface area contributed by atoms with Crippen molar-refractivity contribution >= 4 is 39.3 Å². The van der Waals surface area contributed by atoms with Gasteiger partial charge < -0.3 is 10.5 Å². The summed E-state index contributed by atoms with van der Waals surface area (Å²) in [6.07, 6.45) is 0. The van der Waals surface area contributed by atoms with Crippen molar-refractivity contribution in [3.8, 4) is 0 Å². The molecule has 0 amide bonds. The number of hydrogen-bond donors (Lipinski definition) is 1. The first-order valence-electron chi connectivity index (χ1n) is 5.52. The van der Waals surface area contributed by atoms with Crippen molar-refractivity contribution in [2.45, 2.75) is 9.79 Å². The number of nitrogen functional groups attached to an aromatic ring is 1.